The summed E-state index contributed by atoms with van der Waals surface area (Å²) in [5, 5.41) is 4.27. The number of hydrogen-bond acceptors (Lipinski definition) is 3. The van der Waals surface area contributed by atoms with Crippen LogP contribution in [0.25, 0.3) is 10.9 Å². The molecule has 0 radical (unpaired) electrons. The summed E-state index contributed by atoms with van der Waals surface area (Å²) in [6.07, 6.45) is 3.01. The van der Waals surface area contributed by atoms with E-state index in [0.29, 0.717) is 5.75 Å². The van der Waals surface area contributed by atoms with Crippen LogP contribution in [0.5, 0.6) is 5.75 Å². The topological polar surface area (TPSA) is 29.4 Å². The van der Waals surface area contributed by atoms with Crippen molar-refractivity contribution in [2.45, 2.75) is 6.42 Å². The van der Waals surface area contributed by atoms with Gasteiger partial charge in [-0.05, 0) is 24.1 Å². The van der Waals surface area contributed by atoms with Crippen LogP contribution >= 0.6 is 0 Å². The summed E-state index contributed by atoms with van der Waals surface area (Å²) in [6, 6.07) is 3.29. The standard InChI is InChI=1S/C16H22FN3O/c1-19-11-12(5-8-20-9-6-18-7-10-20)15-14(19)4-3-13(17)16(15)21-2/h3-4,11,18H,5-10H2,1-2H3. The maximum absolute atomic E-state index is 14.0. The monoisotopic (exact) mass is 291 g/mol. The van der Waals surface area contributed by atoms with Gasteiger partial charge in [0.15, 0.2) is 11.6 Å². The molecule has 0 saturated carbocycles. The van der Waals surface area contributed by atoms with Gasteiger partial charge < -0.3 is 19.5 Å². The van der Waals surface area contributed by atoms with E-state index in [-0.39, 0.29) is 5.82 Å². The van der Waals surface area contributed by atoms with Crippen molar-refractivity contribution in [1.29, 1.82) is 0 Å². The van der Waals surface area contributed by atoms with E-state index in [0.717, 1.165) is 55.6 Å². The van der Waals surface area contributed by atoms with Gasteiger partial charge in [0.25, 0.3) is 0 Å². The van der Waals surface area contributed by atoms with Crippen molar-refractivity contribution in [2.75, 3.05) is 39.8 Å². The van der Waals surface area contributed by atoms with E-state index in [2.05, 4.69) is 16.4 Å². The minimum absolute atomic E-state index is 0.292. The van der Waals surface area contributed by atoms with Crippen LogP contribution in [0, 0.1) is 5.82 Å². The number of methoxy groups -OCH3 is 1. The Bertz CT molecular complexity index is 632. The van der Waals surface area contributed by atoms with Crippen LogP contribution in [0.3, 0.4) is 0 Å². The molecule has 0 unspecified atom stereocenters. The minimum Gasteiger partial charge on any atom is -0.493 e. The van der Waals surface area contributed by atoms with Crippen LogP contribution in [-0.4, -0.2) is 49.3 Å². The van der Waals surface area contributed by atoms with Gasteiger partial charge in [-0.1, -0.05) is 0 Å². The number of aromatic nitrogens is 1. The summed E-state index contributed by atoms with van der Waals surface area (Å²) in [6.45, 7) is 5.26. The van der Waals surface area contributed by atoms with Gasteiger partial charge in [0.2, 0.25) is 0 Å². The van der Waals surface area contributed by atoms with E-state index >= 15 is 0 Å². The lowest BCUT2D eigenvalue weighted by Gasteiger charge is -2.27. The van der Waals surface area contributed by atoms with E-state index in [1.54, 1.807) is 0 Å². The van der Waals surface area contributed by atoms with Gasteiger partial charge in [0.1, 0.15) is 0 Å². The van der Waals surface area contributed by atoms with E-state index < -0.39 is 0 Å². The summed E-state index contributed by atoms with van der Waals surface area (Å²) < 4.78 is 21.3. The second-order valence-electron chi connectivity index (χ2n) is 5.58. The van der Waals surface area contributed by atoms with Crippen molar-refractivity contribution in [3.63, 3.8) is 0 Å². The molecular formula is C16H22FN3O. The molecule has 2 heterocycles. The minimum atomic E-state index is -0.292. The number of rotatable bonds is 4. The first-order valence-corrected chi connectivity index (χ1v) is 7.44. The Hall–Kier alpha value is -1.59. The Kier molecular flexibility index (Phi) is 4.12. The Morgan fingerprint density at radius 2 is 2.05 bits per heavy atom. The van der Waals surface area contributed by atoms with Crippen molar-refractivity contribution in [2.24, 2.45) is 7.05 Å². The lowest BCUT2D eigenvalue weighted by Crippen LogP contribution is -2.44. The highest BCUT2D eigenvalue weighted by atomic mass is 19.1. The Labute approximate surface area is 124 Å². The summed E-state index contributed by atoms with van der Waals surface area (Å²) in [4.78, 5) is 2.45. The molecule has 3 rings (SSSR count). The largest absolute Gasteiger partial charge is 0.493 e. The van der Waals surface area contributed by atoms with E-state index in [9.17, 15) is 4.39 Å². The van der Waals surface area contributed by atoms with Crippen molar-refractivity contribution in [1.82, 2.24) is 14.8 Å². The van der Waals surface area contributed by atoms with Crippen LogP contribution in [0.15, 0.2) is 18.3 Å². The maximum Gasteiger partial charge on any atom is 0.165 e. The highest BCUT2D eigenvalue weighted by molar-refractivity contribution is 5.90. The Morgan fingerprint density at radius 1 is 1.29 bits per heavy atom. The highest BCUT2D eigenvalue weighted by Crippen LogP contribution is 2.33. The Balaban J connectivity index is 1.89. The second kappa shape index (κ2) is 6.03. The second-order valence-corrected chi connectivity index (χ2v) is 5.58. The van der Waals surface area contributed by atoms with Gasteiger partial charge >= 0.3 is 0 Å². The molecule has 1 aromatic heterocycles. The lowest BCUT2D eigenvalue weighted by molar-refractivity contribution is 0.244. The number of hydrogen-bond donors (Lipinski definition) is 1. The molecule has 114 valence electrons. The molecule has 0 bridgehead atoms. The third-order valence-corrected chi connectivity index (χ3v) is 4.25. The van der Waals surface area contributed by atoms with E-state index in [1.807, 2.05) is 17.7 Å². The van der Waals surface area contributed by atoms with E-state index in [1.165, 1.54) is 13.2 Å². The molecule has 5 heteroatoms. The molecule has 0 amide bonds. The zero-order valence-electron chi connectivity index (χ0n) is 12.7. The fourth-order valence-corrected chi connectivity index (χ4v) is 3.12. The smallest absolute Gasteiger partial charge is 0.165 e. The van der Waals surface area contributed by atoms with Crippen LogP contribution in [0.4, 0.5) is 4.39 Å². The molecule has 1 saturated heterocycles. The number of ether oxygens (including phenoxy) is 1. The predicted octanol–water partition coefficient (Wildman–Crippen LogP) is 1.77. The quantitative estimate of drug-likeness (QED) is 0.931. The highest BCUT2D eigenvalue weighted by Gasteiger charge is 2.17. The molecule has 1 N–H and O–H groups in total. The van der Waals surface area contributed by atoms with Gasteiger partial charge in [-0.2, -0.15) is 0 Å². The third kappa shape index (κ3) is 2.76. The zero-order valence-corrected chi connectivity index (χ0v) is 12.7. The Morgan fingerprint density at radius 3 is 2.76 bits per heavy atom. The summed E-state index contributed by atoms with van der Waals surface area (Å²) in [5.41, 5.74) is 2.17. The first-order chi connectivity index (χ1) is 10.2. The molecule has 1 aromatic carbocycles. The lowest BCUT2D eigenvalue weighted by atomic mass is 10.1. The number of benzene rings is 1. The van der Waals surface area contributed by atoms with Crippen LogP contribution in [0.2, 0.25) is 0 Å². The predicted molar refractivity (Wildman–Crippen MR) is 82.4 cm³/mol. The SMILES string of the molecule is COc1c(F)ccc2c1c(CCN1CCNCC1)cn2C. The fraction of sp³-hybridized carbons (Fsp3) is 0.500. The average molecular weight is 291 g/mol. The molecule has 0 spiro atoms. The van der Waals surface area contributed by atoms with Gasteiger partial charge in [-0.15, -0.1) is 0 Å². The van der Waals surface area contributed by atoms with Crippen molar-refractivity contribution < 1.29 is 9.13 Å². The third-order valence-electron chi connectivity index (χ3n) is 4.25. The molecule has 0 aliphatic carbocycles. The van der Waals surface area contributed by atoms with Gasteiger partial charge in [0.05, 0.1) is 12.6 Å². The van der Waals surface area contributed by atoms with Crippen LogP contribution in [-0.2, 0) is 13.5 Å². The normalized spacial score (nSPS) is 16.5. The molecule has 1 aliphatic heterocycles. The number of fused-ring (bicyclic) bond motifs is 1. The molecular weight excluding hydrogens is 269 g/mol. The number of nitrogens with one attached hydrogen (secondary N) is 1. The van der Waals surface area contributed by atoms with Gasteiger partial charge in [0, 0.05) is 51.4 Å². The van der Waals surface area contributed by atoms with Crippen LogP contribution < -0.4 is 10.1 Å². The first-order valence-electron chi connectivity index (χ1n) is 7.44. The molecule has 2 aromatic rings. The molecule has 1 aliphatic rings. The average Bonchev–Trinajstić information content (AvgIpc) is 2.83. The van der Waals surface area contributed by atoms with Crippen molar-refractivity contribution in [3.8, 4) is 5.75 Å². The van der Waals surface area contributed by atoms with Crippen molar-refractivity contribution >= 4 is 10.9 Å². The number of nitrogens with zero attached hydrogens (tertiary/aromatic N) is 2. The maximum atomic E-state index is 14.0. The number of piperazine rings is 1. The van der Waals surface area contributed by atoms with Crippen LogP contribution in [0.1, 0.15) is 5.56 Å². The van der Waals surface area contributed by atoms with E-state index in [4.69, 9.17) is 4.74 Å². The van der Waals surface area contributed by atoms with Crippen molar-refractivity contribution in [3.05, 3.63) is 29.7 Å². The summed E-state index contributed by atoms with van der Waals surface area (Å²) >= 11 is 0. The summed E-state index contributed by atoms with van der Waals surface area (Å²) in [7, 11) is 3.53. The molecule has 21 heavy (non-hydrogen) atoms. The first kappa shape index (κ1) is 14.4. The molecule has 0 atom stereocenters. The summed E-state index contributed by atoms with van der Waals surface area (Å²) in [5.74, 6) is 0.0723. The van der Waals surface area contributed by atoms with Gasteiger partial charge in [-0.3, -0.25) is 0 Å². The molecule has 1 fully saturated rings. The number of halogens is 1. The number of aryl methyl sites for hydroxylation is 1. The molecule has 4 nitrogen and oxygen atoms in total. The van der Waals surface area contributed by atoms with Gasteiger partial charge in [-0.25, -0.2) is 4.39 Å². The zero-order chi connectivity index (χ0) is 14.8. The fourth-order valence-electron chi connectivity index (χ4n) is 3.12.